The van der Waals surface area contributed by atoms with E-state index >= 15 is 0 Å². The highest BCUT2D eigenvalue weighted by Crippen LogP contribution is 2.35. The Balaban J connectivity index is 2.16. The number of anilines is 1. The molecule has 2 heterocycles. The number of carbonyl (C=O) groups excluding carboxylic acids is 1. The second-order valence-corrected chi connectivity index (χ2v) is 7.06. The molecule has 138 valence electrons. The molecule has 0 bridgehead atoms. The minimum Gasteiger partial charge on any atom is -0.321 e. The highest BCUT2D eigenvalue weighted by molar-refractivity contribution is 7.10. The van der Waals surface area contributed by atoms with E-state index in [0.29, 0.717) is 5.69 Å². The van der Waals surface area contributed by atoms with Crippen molar-refractivity contribution in [2.45, 2.75) is 51.6 Å². The zero-order chi connectivity index (χ0) is 18.6. The first-order valence-corrected chi connectivity index (χ1v) is 9.11. The molecule has 1 atom stereocenters. The zero-order valence-corrected chi connectivity index (χ0v) is 15.3. The van der Waals surface area contributed by atoms with Gasteiger partial charge in [-0.25, -0.2) is 0 Å². The van der Waals surface area contributed by atoms with Crippen molar-refractivity contribution < 1.29 is 18.0 Å². The average Bonchev–Trinajstić information content (AvgIpc) is 3.13. The molecular weight excluding hydrogens is 351 g/mol. The normalized spacial score (nSPS) is 13.0. The molecule has 2 rings (SSSR count). The molecule has 0 aromatic carbocycles. The van der Waals surface area contributed by atoms with Crippen molar-refractivity contribution in [1.82, 2.24) is 9.78 Å². The number of thiophene rings is 1. The Labute approximate surface area is 149 Å². The van der Waals surface area contributed by atoms with E-state index in [9.17, 15) is 18.0 Å². The largest absolute Gasteiger partial charge is 0.435 e. The van der Waals surface area contributed by atoms with Gasteiger partial charge in [-0.15, -0.1) is 11.3 Å². The number of rotatable bonds is 7. The van der Waals surface area contributed by atoms with Gasteiger partial charge in [-0.3, -0.25) is 9.48 Å². The van der Waals surface area contributed by atoms with Gasteiger partial charge in [-0.05, 0) is 23.8 Å². The van der Waals surface area contributed by atoms with E-state index < -0.39 is 23.3 Å². The summed E-state index contributed by atoms with van der Waals surface area (Å²) in [6.45, 7) is 4.20. The van der Waals surface area contributed by atoms with E-state index in [0.717, 1.165) is 41.4 Å². The van der Waals surface area contributed by atoms with Crippen LogP contribution in [0, 0.1) is 0 Å². The number of unbranched alkanes of at least 4 members (excludes halogenated alkanes) is 2. The molecule has 2 aromatic heterocycles. The minimum atomic E-state index is -4.67. The van der Waals surface area contributed by atoms with Gasteiger partial charge in [0, 0.05) is 18.1 Å². The van der Waals surface area contributed by atoms with E-state index in [1.165, 1.54) is 18.4 Å². The van der Waals surface area contributed by atoms with Crippen molar-refractivity contribution in [2.75, 3.05) is 5.32 Å². The zero-order valence-electron chi connectivity index (χ0n) is 14.5. The van der Waals surface area contributed by atoms with Crippen LogP contribution in [0.1, 0.15) is 66.4 Å². The van der Waals surface area contributed by atoms with Crippen molar-refractivity contribution in [3.05, 3.63) is 33.8 Å². The lowest BCUT2D eigenvalue weighted by Crippen LogP contribution is -2.18. The van der Waals surface area contributed by atoms with E-state index in [1.807, 2.05) is 5.38 Å². The standard InChI is InChI=1S/C17H22F3N3OS/c1-4-5-6-7-11(2)14-13(8-9-25-14)21-16(24)12-10-23(3)22-15(12)17(18,19)20/h8-11H,4-7H2,1-3H3,(H,21,24). The molecule has 0 spiro atoms. The maximum Gasteiger partial charge on any atom is 0.435 e. The number of aromatic nitrogens is 2. The summed E-state index contributed by atoms with van der Waals surface area (Å²) >= 11 is 1.51. The summed E-state index contributed by atoms with van der Waals surface area (Å²) in [7, 11) is 1.36. The highest BCUT2D eigenvalue weighted by atomic mass is 32.1. The monoisotopic (exact) mass is 373 g/mol. The lowest BCUT2D eigenvalue weighted by molar-refractivity contribution is -0.141. The van der Waals surface area contributed by atoms with Crippen molar-refractivity contribution in [2.24, 2.45) is 7.05 Å². The van der Waals surface area contributed by atoms with Crippen LogP contribution in [0.4, 0.5) is 18.9 Å². The minimum absolute atomic E-state index is 0.248. The van der Waals surface area contributed by atoms with Crippen molar-refractivity contribution in [3.63, 3.8) is 0 Å². The van der Waals surface area contributed by atoms with Gasteiger partial charge in [-0.2, -0.15) is 18.3 Å². The predicted molar refractivity (Wildman–Crippen MR) is 93.0 cm³/mol. The third-order valence-corrected chi connectivity index (χ3v) is 5.12. The molecule has 0 aliphatic rings. The molecule has 0 aliphatic heterocycles. The van der Waals surface area contributed by atoms with Gasteiger partial charge in [0.15, 0.2) is 5.69 Å². The Morgan fingerprint density at radius 1 is 1.40 bits per heavy atom. The van der Waals surface area contributed by atoms with Crippen LogP contribution in [0.5, 0.6) is 0 Å². The SMILES string of the molecule is CCCCCC(C)c1sccc1NC(=O)c1cn(C)nc1C(F)(F)F. The molecule has 2 aromatic rings. The molecule has 0 fully saturated rings. The maximum absolute atomic E-state index is 13.0. The Bertz CT molecular complexity index is 721. The number of alkyl halides is 3. The molecule has 4 nitrogen and oxygen atoms in total. The van der Waals surface area contributed by atoms with Crippen LogP contribution >= 0.6 is 11.3 Å². The molecule has 1 unspecified atom stereocenters. The molecule has 0 radical (unpaired) electrons. The Morgan fingerprint density at radius 2 is 2.12 bits per heavy atom. The van der Waals surface area contributed by atoms with E-state index in [4.69, 9.17) is 0 Å². The quantitative estimate of drug-likeness (QED) is 0.657. The van der Waals surface area contributed by atoms with E-state index in [-0.39, 0.29) is 5.92 Å². The number of hydrogen-bond acceptors (Lipinski definition) is 3. The van der Waals surface area contributed by atoms with Gasteiger partial charge in [0.1, 0.15) is 0 Å². The topological polar surface area (TPSA) is 46.9 Å². The fourth-order valence-corrected chi connectivity index (χ4v) is 3.64. The second kappa shape index (κ2) is 8.03. The van der Waals surface area contributed by atoms with Crippen LogP contribution in [-0.2, 0) is 13.2 Å². The highest BCUT2D eigenvalue weighted by Gasteiger charge is 2.39. The van der Waals surface area contributed by atoms with Gasteiger partial charge in [-0.1, -0.05) is 33.1 Å². The van der Waals surface area contributed by atoms with Gasteiger partial charge in [0.25, 0.3) is 5.91 Å². The fraction of sp³-hybridized carbons (Fsp3) is 0.529. The van der Waals surface area contributed by atoms with Crippen LogP contribution < -0.4 is 5.32 Å². The molecule has 8 heteroatoms. The molecular formula is C17H22F3N3OS. The van der Waals surface area contributed by atoms with Gasteiger partial charge < -0.3 is 5.32 Å². The Morgan fingerprint density at radius 3 is 2.76 bits per heavy atom. The lowest BCUT2D eigenvalue weighted by atomic mass is 10.0. The predicted octanol–water partition coefficient (Wildman–Crippen LogP) is 5.44. The van der Waals surface area contributed by atoms with Crippen LogP contribution in [0.25, 0.3) is 0 Å². The summed E-state index contributed by atoms with van der Waals surface area (Å²) in [6, 6.07) is 1.73. The smallest absolute Gasteiger partial charge is 0.321 e. The number of nitrogens with zero attached hydrogens (tertiary/aromatic N) is 2. The van der Waals surface area contributed by atoms with Crippen LogP contribution in [-0.4, -0.2) is 15.7 Å². The Kier molecular flexibility index (Phi) is 6.26. The number of carbonyl (C=O) groups is 1. The van der Waals surface area contributed by atoms with Crippen molar-refractivity contribution >= 4 is 22.9 Å². The molecule has 1 amide bonds. The van der Waals surface area contributed by atoms with E-state index in [2.05, 4.69) is 24.3 Å². The molecule has 0 saturated carbocycles. The first-order chi connectivity index (χ1) is 11.7. The summed E-state index contributed by atoms with van der Waals surface area (Å²) in [5.41, 5.74) is -1.05. The fourth-order valence-electron chi connectivity index (χ4n) is 2.69. The Hall–Kier alpha value is -1.83. The summed E-state index contributed by atoms with van der Waals surface area (Å²) in [5, 5.41) is 7.84. The third-order valence-electron chi connectivity index (χ3n) is 3.97. The van der Waals surface area contributed by atoms with Gasteiger partial charge in [0.05, 0.1) is 11.3 Å². The maximum atomic E-state index is 13.0. The molecule has 1 N–H and O–H groups in total. The summed E-state index contributed by atoms with van der Waals surface area (Å²) < 4.78 is 40.1. The number of hydrogen-bond donors (Lipinski definition) is 1. The molecule has 0 aliphatic carbocycles. The number of halogens is 3. The second-order valence-electron chi connectivity index (χ2n) is 6.11. The molecule has 25 heavy (non-hydrogen) atoms. The first kappa shape index (κ1) is 19.5. The summed E-state index contributed by atoms with van der Waals surface area (Å²) in [4.78, 5) is 13.4. The van der Waals surface area contributed by atoms with Crippen LogP contribution in [0.15, 0.2) is 17.6 Å². The third kappa shape index (κ3) is 4.84. The average molecular weight is 373 g/mol. The molecule has 0 saturated heterocycles. The number of nitrogens with one attached hydrogen (secondary N) is 1. The van der Waals surface area contributed by atoms with Crippen LogP contribution in [0.2, 0.25) is 0 Å². The van der Waals surface area contributed by atoms with Crippen LogP contribution in [0.3, 0.4) is 0 Å². The number of amides is 1. The van der Waals surface area contributed by atoms with Crippen molar-refractivity contribution in [3.8, 4) is 0 Å². The van der Waals surface area contributed by atoms with Crippen molar-refractivity contribution in [1.29, 1.82) is 0 Å². The van der Waals surface area contributed by atoms with Gasteiger partial charge >= 0.3 is 6.18 Å². The number of aryl methyl sites for hydroxylation is 1. The summed E-state index contributed by atoms with van der Waals surface area (Å²) in [6.07, 6.45) is 0.763. The summed E-state index contributed by atoms with van der Waals surface area (Å²) in [5.74, 6) is -0.543. The lowest BCUT2D eigenvalue weighted by Gasteiger charge is -2.13. The first-order valence-electron chi connectivity index (χ1n) is 8.23. The van der Waals surface area contributed by atoms with Gasteiger partial charge in [0.2, 0.25) is 0 Å². The van der Waals surface area contributed by atoms with E-state index in [1.54, 1.807) is 6.07 Å².